The van der Waals surface area contributed by atoms with Crippen LogP contribution in [0, 0.1) is 0 Å². The molecule has 8 heteroatoms. The number of sulfonamides is 1. The zero-order valence-electron chi connectivity index (χ0n) is 15.0. The minimum Gasteiger partial charge on any atom is -0.488 e. The van der Waals surface area contributed by atoms with Gasteiger partial charge in [-0.1, -0.05) is 12.1 Å². The van der Waals surface area contributed by atoms with E-state index < -0.39 is 10.0 Å². The average Bonchev–Trinajstić information content (AvgIpc) is 3.17. The summed E-state index contributed by atoms with van der Waals surface area (Å²) in [5.41, 5.74) is 0.517. The zero-order valence-corrected chi connectivity index (χ0v) is 16.6. The van der Waals surface area contributed by atoms with Crippen molar-refractivity contribution in [3.8, 4) is 5.75 Å². The molecule has 0 spiro atoms. The minimum atomic E-state index is -3.18. The molecule has 0 aliphatic heterocycles. The second-order valence-corrected chi connectivity index (χ2v) is 9.12. The normalized spacial score (nSPS) is 11.5. The zero-order chi connectivity index (χ0) is 19.0. The lowest BCUT2D eigenvalue weighted by atomic mass is 10.2. The Kier molecular flexibility index (Phi) is 7.62. The van der Waals surface area contributed by atoms with Crippen molar-refractivity contribution in [2.24, 2.45) is 0 Å². The van der Waals surface area contributed by atoms with Crippen LogP contribution in [0.1, 0.15) is 28.6 Å². The first-order chi connectivity index (χ1) is 12.4. The Morgan fingerprint density at radius 1 is 1.27 bits per heavy atom. The van der Waals surface area contributed by atoms with Gasteiger partial charge in [0.15, 0.2) is 0 Å². The lowest BCUT2D eigenvalue weighted by Crippen LogP contribution is -2.32. The molecule has 2 rings (SSSR count). The molecule has 1 aromatic heterocycles. The highest BCUT2D eigenvalue weighted by Gasteiger charge is 2.14. The van der Waals surface area contributed by atoms with Gasteiger partial charge in [0.05, 0.1) is 5.75 Å². The monoisotopic (exact) mass is 396 g/mol. The predicted molar refractivity (Wildman–Crippen MR) is 104 cm³/mol. The van der Waals surface area contributed by atoms with E-state index in [9.17, 15) is 13.2 Å². The van der Waals surface area contributed by atoms with Gasteiger partial charge in [-0.15, -0.1) is 11.3 Å². The summed E-state index contributed by atoms with van der Waals surface area (Å²) in [5.74, 6) is 0.515. The van der Waals surface area contributed by atoms with Crippen molar-refractivity contribution in [1.29, 1.82) is 0 Å². The topological polar surface area (TPSA) is 75.7 Å². The Balaban J connectivity index is 1.79. The third-order valence-electron chi connectivity index (χ3n) is 3.83. The smallest absolute Gasteiger partial charge is 0.251 e. The van der Waals surface area contributed by atoms with Crippen LogP contribution >= 0.6 is 11.3 Å². The molecule has 1 N–H and O–H groups in total. The molecule has 1 aromatic carbocycles. The molecule has 0 saturated carbocycles. The van der Waals surface area contributed by atoms with Gasteiger partial charge in [0.25, 0.3) is 5.91 Å². The molecule has 0 unspecified atom stereocenters. The number of hydrogen-bond acceptors (Lipinski definition) is 5. The molecule has 142 valence electrons. The van der Waals surface area contributed by atoms with Crippen LogP contribution in [0.5, 0.6) is 5.75 Å². The number of thiophene rings is 1. The van der Waals surface area contributed by atoms with Crippen LogP contribution in [-0.2, 0) is 16.6 Å². The fourth-order valence-electron chi connectivity index (χ4n) is 2.24. The Morgan fingerprint density at radius 3 is 2.77 bits per heavy atom. The lowest BCUT2D eigenvalue weighted by molar-refractivity contribution is 0.0952. The largest absolute Gasteiger partial charge is 0.488 e. The molecule has 0 aliphatic carbocycles. The Hall–Kier alpha value is -1.90. The van der Waals surface area contributed by atoms with Gasteiger partial charge >= 0.3 is 0 Å². The van der Waals surface area contributed by atoms with E-state index in [-0.39, 0.29) is 11.7 Å². The molecule has 0 radical (unpaired) electrons. The third kappa shape index (κ3) is 6.12. The van der Waals surface area contributed by atoms with E-state index in [4.69, 9.17) is 4.74 Å². The maximum absolute atomic E-state index is 12.2. The highest BCUT2D eigenvalue weighted by atomic mass is 32.2. The van der Waals surface area contributed by atoms with Gasteiger partial charge in [0.2, 0.25) is 10.0 Å². The number of amides is 1. The lowest BCUT2D eigenvalue weighted by Gasteiger charge is -2.15. The molecule has 6 nitrogen and oxygen atoms in total. The van der Waals surface area contributed by atoms with Crippen molar-refractivity contribution >= 4 is 27.3 Å². The van der Waals surface area contributed by atoms with Crippen LogP contribution < -0.4 is 10.1 Å². The van der Waals surface area contributed by atoms with Crippen LogP contribution in [0.2, 0.25) is 0 Å². The van der Waals surface area contributed by atoms with Crippen LogP contribution in [0.25, 0.3) is 0 Å². The fourth-order valence-corrected chi connectivity index (χ4v) is 3.71. The van der Waals surface area contributed by atoms with Crippen molar-refractivity contribution in [3.05, 3.63) is 52.2 Å². The second kappa shape index (κ2) is 9.70. The summed E-state index contributed by atoms with van der Waals surface area (Å²) in [6.45, 7) is 2.87. The molecule has 0 aliphatic rings. The van der Waals surface area contributed by atoms with E-state index in [1.165, 1.54) is 4.31 Å². The van der Waals surface area contributed by atoms with Crippen molar-refractivity contribution in [1.82, 2.24) is 9.62 Å². The number of hydrogen-bond donors (Lipinski definition) is 1. The van der Waals surface area contributed by atoms with Crippen LogP contribution in [0.15, 0.2) is 41.8 Å². The first-order valence-corrected chi connectivity index (χ1v) is 10.9. The SMILES string of the molecule is CCS(=O)(=O)N(C)CCCNC(=O)c1cccc(OCc2cccs2)c1. The summed E-state index contributed by atoms with van der Waals surface area (Å²) in [5, 5.41) is 4.80. The molecule has 0 atom stereocenters. The molecule has 26 heavy (non-hydrogen) atoms. The predicted octanol–water partition coefficient (Wildman–Crippen LogP) is 2.73. The van der Waals surface area contributed by atoms with E-state index in [1.54, 1.807) is 43.5 Å². The summed E-state index contributed by atoms with van der Waals surface area (Å²) < 4.78 is 30.3. The number of nitrogens with zero attached hydrogens (tertiary/aromatic N) is 1. The summed E-state index contributed by atoms with van der Waals surface area (Å²) in [7, 11) is -1.63. The van der Waals surface area contributed by atoms with Gasteiger partial charge in [-0.05, 0) is 43.0 Å². The van der Waals surface area contributed by atoms with Gasteiger partial charge in [0, 0.05) is 30.6 Å². The maximum Gasteiger partial charge on any atom is 0.251 e. The number of benzene rings is 1. The number of carbonyl (C=O) groups excluding carboxylic acids is 1. The number of carbonyl (C=O) groups is 1. The highest BCUT2D eigenvalue weighted by molar-refractivity contribution is 7.89. The standard InChI is InChI=1S/C18H24N2O4S2/c1-3-26(22,23)20(2)11-6-10-19-18(21)15-7-4-8-16(13-15)24-14-17-9-5-12-25-17/h4-5,7-9,12-13H,3,6,10-11,14H2,1-2H3,(H,19,21). The third-order valence-corrected chi connectivity index (χ3v) is 6.54. The molecule has 0 bridgehead atoms. The van der Waals surface area contributed by atoms with E-state index in [0.29, 0.717) is 37.4 Å². The molecule has 0 saturated heterocycles. The quantitative estimate of drug-likeness (QED) is 0.627. The first-order valence-electron chi connectivity index (χ1n) is 8.40. The molecular weight excluding hydrogens is 372 g/mol. The first kappa shape index (κ1) is 20.4. The summed E-state index contributed by atoms with van der Waals surface area (Å²) in [4.78, 5) is 13.3. The summed E-state index contributed by atoms with van der Waals surface area (Å²) in [6.07, 6.45) is 0.552. The Bertz CT molecular complexity index is 804. The van der Waals surface area contributed by atoms with Gasteiger partial charge in [-0.2, -0.15) is 0 Å². The van der Waals surface area contributed by atoms with Crippen LogP contribution in [-0.4, -0.2) is 44.5 Å². The average molecular weight is 397 g/mol. The highest BCUT2D eigenvalue weighted by Crippen LogP contribution is 2.17. The van der Waals surface area contributed by atoms with Crippen LogP contribution in [0.4, 0.5) is 0 Å². The fraction of sp³-hybridized carbons (Fsp3) is 0.389. The molecular formula is C18H24N2O4S2. The molecule has 1 heterocycles. The van der Waals surface area contributed by atoms with Crippen molar-refractivity contribution < 1.29 is 17.9 Å². The van der Waals surface area contributed by atoms with Gasteiger partial charge in [-0.3, -0.25) is 4.79 Å². The maximum atomic E-state index is 12.2. The van der Waals surface area contributed by atoms with E-state index in [1.807, 2.05) is 23.6 Å². The van der Waals surface area contributed by atoms with Gasteiger partial charge in [-0.25, -0.2) is 12.7 Å². The molecule has 0 fully saturated rings. The summed E-state index contributed by atoms with van der Waals surface area (Å²) >= 11 is 1.62. The van der Waals surface area contributed by atoms with E-state index in [0.717, 1.165) is 4.88 Å². The Morgan fingerprint density at radius 2 is 2.08 bits per heavy atom. The van der Waals surface area contributed by atoms with Gasteiger partial charge in [0.1, 0.15) is 12.4 Å². The van der Waals surface area contributed by atoms with Crippen molar-refractivity contribution in [2.75, 3.05) is 25.9 Å². The van der Waals surface area contributed by atoms with Crippen molar-refractivity contribution in [3.63, 3.8) is 0 Å². The summed E-state index contributed by atoms with van der Waals surface area (Å²) in [6, 6.07) is 11.0. The minimum absolute atomic E-state index is 0.0775. The van der Waals surface area contributed by atoms with Crippen LogP contribution in [0.3, 0.4) is 0 Å². The Labute approximate surface area is 158 Å². The molecule has 2 aromatic rings. The number of rotatable bonds is 10. The molecule has 1 amide bonds. The van der Waals surface area contributed by atoms with Gasteiger partial charge < -0.3 is 10.1 Å². The van der Waals surface area contributed by atoms with E-state index >= 15 is 0 Å². The van der Waals surface area contributed by atoms with Crippen molar-refractivity contribution in [2.45, 2.75) is 20.0 Å². The number of ether oxygens (including phenoxy) is 1. The van der Waals surface area contributed by atoms with E-state index in [2.05, 4.69) is 5.32 Å². The number of nitrogens with one attached hydrogen (secondary N) is 1. The second-order valence-electron chi connectivity index (χ2n) is 5.73.